The first kappa shape index (κ1) is 14.3. The maximum atomic E-state index is 12.2. The molecule has 1 amide bonds. The summed E-state index contributed by atoms with van der Waals surface area (Å²) in [6, 6.07) is 9.57. The molecule has 0 bridgehead atoms. The van der Waals surface area contributed by atoms with Crippen molar-refractivity contribution in [2.75, 3.05) is 6.54 Å². The molecule has 0 aliphatic rings. The minimum Gasteiger partial charge on any atom is -0.349 e. The van der Waals surface area contributed by atoms with Gasteiger partial charge in [-0.05, 0) is 34.1 Å². The highest BCUT2D eigenvalue weighted by molar-refractivity contribution is 9.10. The Kier molecular flexibility index (Phi) is 3.58. The van der Waals surface area contributed by atoms with Crippen LogP contribution in [0.2, 0.25) is 0 Å². The zero-order chi connectivity index (χ0) is 15.8. The molecule has 3 aromatic heterocycles. The van der Waals surface area contributed by atoms with E-state index in [0.29, 0.717) is 18.0 Å². The molecule has 116 valence electrons. The van der Waals surface area contributed by atoms with Crippen molar-refractivity contribution in [2.45, 2.75) is 6.54 Å². The molecule has 0 spiro atoms. The van der Waals surface area contributed by atoms with Gasteiger partial charge in [-0.2, -0.15) is 5.10 Å². The molecule has 2 N–H and O–H groups in total. The smallest absolute Gasteiger partial charge is 0.261 e. The van der Waals surface area contributed by atoms with Crippen LogP contribution in [0.1, 0.15) is 9.67 Å². The number of thiophene rings is 1. The van der Waals surface area contributed by atoms with E-state index >= 15 is 0 Å². The second-order valence-electron chi connectivity index (χ2n) is 4.92. The van der Waals surface area contributed by atoms with Crippen LogP contribution >= 0.6 is 27.3 Å². The topological polar surface area (TPSA) is 88.5 Å². The van der Waals surface area contributed by atoms with Crippen molar-refractivity contribution in [3.63, 3.8) is 0 Å². The molecule has 0 aliphatic heterocycles. The monoisotopic (exact) mass is 390 g/mol. The van der Waals surface area contributed by atoms with Crippen LogP contribution in [0, 0.1) is 0 Å². The molecule has 4 aromatic rings. The molecule has 3 heterocycles. The second-order valence-corrected chi connectivity index (χ2v) is 6.75. The van der Waals surface area contributed by atoms with E-state index in [9.17, 15) is 4.79 Å². The van der Waals surface area contributed by atoms with Gasteiger partial charge in [-0.15, -0.1) is 16.4 Å². The standard InChI is InChI=1S/C14H11BrN6OS/c15-12-8-7-11(23-14(8)19-18-12)13(22)16-5-6-21-10-4-2-1-3-9(10)17-20-21/h1-4,7H,5-6H2,(H,16,22)(H,18,19). The molecule has 0 atom stereocenters. The average Bonchev–Trinajstić information content (AvgIpc) is 3.24. The molecule has 0 saturated heterocycles. The van der Waals surface area contributed by atoms with Crippen LogP contribution < -0.4 is 5.32 Å². The number of fused-ring (bicyclic) bond motifs is 2. The molecule has 0 unspecified atom stereocenters. The van der Waals surface area contributed by atoms with Gasteiger partial charge in [0.25, 0.3) is 5.91 Å². The number of hydrogen-bond acceptors (Lipinski definition) is 5. The van der Waals surface area contributed by atoms with Crippen molar-refractivity contribution in [2.24, 2.45) is 0 Å². The molecule has 9 heteroatoms. The van der Waals surface area contributed by atoms with Gasteiger partial charge in [0.1, 0.15) is 15.0 Å². The van der Waals surface area contributed by atoms with E-state index in [1.807, 2.05) is 30.3 Å². The lowest BCUT2D eigenvalue weighted by Gasteiger charge is -2.04. The second kappa shape index (κ2) is 5.74. The van der Waals surface area contributed by atoms with E-state index in [-0.39, 0.29) is 5.91 Å². The highest BCUT2D eigenvalue weighted by Crippen LogP contribution is 2.28. The van der Waals surface area contributed by atoms with Gasteiger partial charge in [-0.1, -0.05) is 17.3 Å². The molecule has 0 radical (unpaired) electrons. The number of amides is 1. The number of aromatic nitrogens is 5. The Morgan fingerprint density at radius 2 is 2.26 bits per heavy atom. The van der Waals surface area contributed by atoms with Crippen molar-refractivity contribution in [3.05, 3.63) is 39.8 Å². The van der Waals surface area contributed by atoms with Crippen LogP contribution in [0.5, 0.6) is 0 Å². The molecule has 0 aliphatic carbocycles. The van der Waals surface area contributed by atoms with E-state index in [1.54, 1.807) is 4.68 Å². The number of hydrogen-bond donors (Lipinski definition) is 2. The Bertz CT molecular complexity index is 1000. The first-order valence-corrected chi connectivity index (χ1v) is 8.53. The summed E-state index contributed by atoms with van der Waals surface area (Å²) in [6.07, 6.45) is 0. The van der Waals surface area contributed by atoms with Gasteiger partial charge in [0.15, 0.2) is 0 Å². The van der Waals surface area contributed by atoms with Gasteiger partial charge in [0.2, 0.25) is 0 Å². The lowest BCUT2D eigenvalue weighted by molar-refractivity contribution is 0.0956. The van der Waals surface area contributed by atoms with Gasteiger partial charge in [-0.25, -0.2) is 4.68 Å². The molecule has 0 fully saturated rings. The molecule has 0 saturated carbocycles. The summed E-state index contributed by atoms with van der Waals surface area (Å²) in [6.45, 7) is 1.05. The minimum atomic E-state index is -0.107. The highest BCUT2D eigenvalue weighted by Gasteiger charge is 2.13. The number of carbonyl (C=O) groups excluding carboxylic acids is 1. The predicted octanol–water partition coefficient (Wildman–Crippen LogP) is 2.56. The molecule has 4 rings (SSSR count). The third kappa shape index (κ3) is 2.62. The fraction of sp³-hybridized carbons (Fsp3) is 0.143. The Hall–Kier alpha value is -2.26. The molecular weight excluding hydrogens is 380 g/mol. The number of rotatable bonds is 4. The van der Waals surface area contributed by atoms with Gasteiger partial charge in [-0.3, -0.25) is 9.89 Å². The van der Waals surface area contributed by atoms with Gasteiger partial charge in [0, 0.05) is 11.9 Å². The van der Waals surface area contributed by atoms with Crippen LogP contribution in [-0.4, -0.2) is 37.6 Å². The van der Waals surface area contributed by atoms with Crippen LogP contribution in [-0.2, 0) is 6.54 Å². The fourth-order valence-electron chi connectivity index (χ4n) is 2.34. The van der Waals surface area contributed by atoms with E-state index in [0.717, 1.165) is 25.9 Å². The number of aromatic amines is 1. The third-order valence-electron chi connectivity index (χ3n) is 3.46. The lowest BCUT2D eigenvalue weighted by Crippen LogP contribution is -2.26. The van der Waals surface area contributed by atoms with Crippen molar-refractivity contribution in [1.29, 1.82) is 0 Å². The summed E-state index contributed by atoms with van der Waals surface area (Å²) in [5.74, 6) is -0.107. The highest BCUT2D eigenvalue weighted by atomic mass is 79.9. The van der Waals surface area contributed by atoms with E-state index < -0.39 is 0 Å². The number of nitrogens with zero attached hydrogens (tertiary/aromatic N) is 4. The Labute approximate surface area is 142 Å². The van der Waals surface area contributed by atoms with Gasteiger partial charge < -0.3 is 5.32 Å². The van der Waals surface area contributed by atoms with E-state index in [2.05, 4.69) is 41.8 Å². The lowest BCUT2D eigenvalue weighted by atomic mass is 10.3. The number of benzene rings is 1. The van der Waals surface area contributed by atoms with Crippen molar-refractivity contribution < 1.29 is 4.79 Å². The van der Waals surface area contributed by atoms with Gasteiger partial charge in [0.05, 0.1) is 16.9 Å². The van der Waals surface area contributed by atoms with Crippen molar-refractivity contribution in [3.8, 4) is 0 Å². The number of nitrogens with one attached hydrogen (secondary N) is 2. The molecule has 1 aromatic carbocycles. The summed E-state index contributed by atoms with van der Waals surface area (Å²) in [7, 11) is 0. The summed E-state index contributed by atoms with van der Waals surface area (Å²) in [5.41, 5.74) is 1.81. The predicted molar refractivity (Wildman–Crippen MR) is 91.5 cm³/mol. The number of H-pyrrole nitrogens is 1. The van der Waals surface area contributed by atoms with E-state index in [4.69, 9.17) is 0 Å². The number of para-hydroxylation sites is 1. The number of carbonyl (C=O) groups is 1. The fourth-order valence-corrected chi connectivity index (χ4v) is 3.77. The molecule has 7 nitrogen and oxygen atoms in total. The average molecular weight is 391 g/mol. The van der Waals surface area contributed by atoms with Crippen LogP contribution in [0.3, 0.4) is 0 Å². The first-order valence-electron chi connectivity index (χ1n) is 6.92. The van der Waals surface area contributed by atoms with Gasteiger partial charge >= 0.3 is 0 Å². The first-order chi connectivity index (χ1) is 11.2. The summed E-state index contributed by atoms with van der Waals surface area (Å²) < 4.78 is 2.57. The van der Waals surface area contributed by atoms with Crippen molar-refractivity contribution in [1.82, 2.24) is 30.5 Å². The van der Waals surface area contributed by atoms with Crippen LogP contribution in [0.15, 0.2) is 34.9 Å². The maximum Gasteiger partial charge on any atom is 0.261 e. The maximum absolute atomic E-state index is 12.2. The Morgan fingerprint density at radius 1 is 1.39 bits per heavy atom. The largest absolute Gasteiger partial charge is 0.349 e. The SMILES string of the molecule is O=C(NCCn1nnc2ccccc21)c1cc2c(Br)[nH]nc2s1. The quantitative estimate of drug-likeness (QED) is 0.560. The summed E-state index contributed by atoms with van der Waals surface area (Å²) in [5, 5.41) is 19.0. The summed E-state index contributed by atoms with van der Waals surface area (Å²) in [4.78, 5) is 13.7. The Morgan fingerprint density at radius 3 is 3.13 bits per heavy atom. The zero-order valence-electron chi connectivity index (χ0n) is 11.8. The Balaban J connectivity index is 1.43. The molecular formula is C14H11BrN6OS. The van der Waals surface area contributed by atoms with Crippen molar-refractivity contribution >= 4 is 54.4 Å². The minimum absolute atomic E-state index is 0.107. The van der Waals surface area contributed by atoms with E-state index in [1.165, 1.54) is 11.3 Å². The number of halogens is 1. The van der Waals surface area contributed by atoms with Crippen LogP contribution in [0.25, 0.3) is 21.3 Å². The third-order valence-corrected chi connectivity index (χ3v) is 5.09. The summed E-state index contributed by atoms with van der Waals surface area (Å²) >= 11 is 4.73. The molecule has 23 heavy (non-hydrogen) atoms. The normalized spacial score (nSPS) is 11.3. The van der Waals surface area contributed by atoms with Crippen LogP contribution in [0.4, 0.5) is 0 Å². The zero-order valence-corrected chi connectivity index (χ0v) is 14.2.